The maximum absolute atomic E-state index is 3.18. The van der Waals surface area contributed by atoms with Gasteiger partial charge in [-0.05, 0) is 36.2 Å². The first kappa shape index (κ1) is 12.3. The fourth-order valence-corrected chi connectivity index (χ4v) is 2.86. The number of nitrogens with one attached hydrogen (secondary N) is 1. The molecule has 1 N–H and O–H groups in total. The van der Waals surface area contributed by atoms with Gasteiger partial charge in [0, 0.05) is 16.3 Å². The SMILES string of the molecule is CNCc1ccc(-c2ccc(C(C)C)cc2)s1. The summed E-state index contributed by atoms with van der Waals surface area (Å²) in [6.07, 6.45) is 0. The van der Waals surface area contributed by atoms with Gasteiger partial charge in [0.05, 0.1) is 0 Å². The van der Waals surface area contributed by atoms with Gasteiger partial charge in [0.15, 0.2) is 0 Å². The first-order chi connectivity index (χ1) is 8.20. The van der Waals surface area contributed by atoms with E-state index in [0.717, 1.165) is 6.54 Å². The van der Waals surface area contributed by atoms with Crippen molar-refractivity contribution in [3.8, 4) is 10.4 Å². The second kappa shape index (κ2) is 5.48. The average Bonchev–Trinajstić information content (AvgIpc) is 2.78. The van der Waals surface area contributed by atoms with E-state index < -0.39 is 0 Å². The van der Waals surface area contributed by atoms with Crippen molar-refractivity contribution in [3.05, 3.63) is 46.8 Å². The van der Waals surface area contributed by atoms with Gasteiger partial charge in [-0.2, -0.15) is 0 Å². The van der Waals surface area contributed by atoms with Gasteiger partial charge in [-0.1, -0.05) is 38.1 Å². The van der Waals surface area contributed by atoms with Crippen LogP contribution < -0.4 is 5.32 Å². The minimum absolute atomic E-state index is 0.604. The van der Waals surface area contributed by atoms with E-state index in [0.29, 0.717) is 5.92 Å². The lowest BCUT2D eigenvalue weighted by atomic mass is 10.0. The van der Waals surface area contributed by atoms with Crippen LogP contribution in [0.4, 0.5) is 0 Å². The minimum atomic E-state index is 0.604. The highest BCUT2D eigenvalue weighted by Gasteiger charge is 2.03. The summed E-state index contributed by atoms with van der Waals surface area (Å²) in [7, 11) is 1.98. The van der Waals surface area contributed by atoms with Crippen molar-refractivity contribution < 1.29 is 0 Å². The Kier molecular flexibility index (Phi) is 3.97. The Balaban J connectivity index is 2.21. The van der Waals surface area contributed by atoms with Gasteiger partial charge in [-0.15, -0.1) is 11.3 Å². The Bertz CT molecular complexity index is 468. The zero-order valence-corrected chi connectivity index (χ0v) is 11.5. The Hall–Kier alpha value is -1.12. The van der Waals surface area contributed by atoms with Crippen LogP contribution in [0, 0.1) is 0 Å². The summed E-state index contributed by atoms with van der Waals surface area (Å²) < 4.78 is 0. The normalized spacial score (nSPS) is 11.1. The molecule has 1 heterocycles. The van der Waals surface area contributed by atoms with Crippen LogP contribution in [0.15, 0.2) is 36.4 Å². The van der Waals surface area contributed by atoms with Crippen molar-refractivity contribution in [2.45, 2.75) is 26.3 Å². The molecule has 1 nitrogen and oxygen atoms in total. The lowest BCUT2D eigenvalue weighted by Gasteiger charge is -2.05. The first-order valence-electron chi connectivity index (χ1n) is 6.04. The van der Waals surface area contributed by atoms with Crippen LogP contribution in [0.3, 0.4) is 0 Å². The highest BCUT2D eigenvalue weighted by atomic mass is 32.1. The van der Waals surface area contributed by atoms with Gasteiger partial charge in [0.1, 0.15) is 0 Å². The molecule has 0 spiro atoms. The fraction of sp³-hybridized carbons (Fsp3) is 0.333. The third kappa shape index (κ3) is 2.96. The van der Waals surface area contributed by atoms with Crippen molar-refractivity contribution in [2.75, 3.05) is 7.05 Å². The summed E-state index contributed by atoms with van der Waals surface area (Å²) in [5.74, 6) is 0.604. The maximum Gasteiger partial charge on any atom is 0.0346 e. The van der Waals surface area contributed by atoms with E-state index in [1.807, 2.05) is 18.4 Å². The highest BCUT2D eigenvalue weighted by Crippen LogP contribution is 2.29. The molecule has 0 atom stereocenters. The molecule has 1 aromatic carbocycles. The van der Waals surface area contributed by atoms with E-state index in [4.69, 9.17) is 0 Å². The summed E-state index contributed by atoms with van der Waals surface area (Å²) in [4.78, 5) is 2.74. The summed E-state index contributed by atoms with van der Waals surface area (Å²) in [6, 6.07) is 13.3. The third-order valence-electron chi connectivity index (χ3n) is 2.87. The van der Waals surface area contributed by atoms with Crippen LogP contribution in [0.25, 0.3) is 10.4 Å². The Labute approximate surface area is 108 Å². The van der Waals surface area contributed by atoms with Crippen LogP contribution in [-0.2, 0) is 6.54 Å². The number of benzene rings is 1. The maximum atomic E-state index is 3.18. The summed E-state index contributed by atoms with van der Waals surface area (Å²) in [5.41, 5.74) is 2.72. The van der Waals surface area contributed by atoms with E-state index in [1.54, 1.807) is 0 Å². The van der Waals surface area contributed by atoms with E-state index >= 15 is 0 Å². The van der Waals surface area contributed by atoms with E-state index in [2.05, 4.69) is 55.6 Å². The molecular weight excluding hydrogens is 226 g/mol. The average molecular weight is 245 g/mol. The summed E-state index contributed by atoms with van der Waals surface area (Å²) >= 11 is 1.86. The van der Waals surface area contributed by atoms with Gasteiger partial charge in [-0.25, -0.2) is 0 Å². The molecule has 17 heavy (non-hydrogen) atoms. The number of hydrogen-bond donors (Lipinski definition) is 1. The number of thiophene rings is 1. The molecule has 0 bridgehead atoms. The molecule has 90 valence electrons. The lowest BCUT2D eigenvalue weighted by molar-refractivity contribution is 0.831. The minimum Gasteiger partial charge on any atom is -0.315 e. The van der Waals surface area contributed by atoms with Crippen molar-refractivity contribution in [1.82, 2.24) is 5.32 Å². The predicted octanol–water partition coefficient (Wildman–Crippen LogP) is 4.26. The van der Waals surface area contributed by atoms with Gasteiger partial charge in [0.25, 0.3) is 0 Å². The fourth-order valence-electron chi connectivity index (χ4n) is 1.83. The highest BCUT2D eigenvalue weighted by molar-refractivity contribution is 7.15. The molecule has 0 aliphatic carbocycles. The summed E-state index contributed by atoms with van der Waals surface area (Å²) in [5, 5.41) is 3.18. The van der Waals surface area contributed by atoms with Crippen molar-refractivity contribution in [1.29, 1.82) is 0 Å². The Morgan fingerprint density at radius 1 is 1.06 bits per heavy atom. The molecule has 0 aliphatic rings. The van der Waals surface area contributed by atoms with E-state index in [9.17, 15) is 0 Å². The molecule has 0 radical (unpaired) electrons. The van der Waals surface area contributed by atoms with Crippen LogP contribution in [0.1, 0.15) is 30.2 Å². The number of rotatable bonds is 4. The van der Waals surface area contributed by atoms with E-state index in [-0.39, 0.29) is 0 Å². The van der Waals surface area contributed by atoms with Gasteiger partial charge in [-0.3, -0.25) is 0 Å². The molecule has 0 saturated heterocycles. The third-order valence-corrected chi connectivity index (χ3v) is 4.01. The molecule has 2 aromatic rings. The topological polar surface area (TPSA) is 12.0 Å². The monoisotopic (exact) mass is 245 g/mol. The smallest absolute Gasteiger partial charge is 0.0346 e. The van der Waals surface area contributed by atoms with Gasteiger partial charge >= 0.3 is 0 Å². The lowest BCUT2D eigenvalue weighted by Crippen LogP contribution is -2.02. The second-order valence-corrected chi connectivity index (χ2v) is 5.74. The number of hydrogen-bond acceptors (Lipinski definition) is 2. The van der Waals surface area contributed by atoms with Gasteiger partial charge < -0.3 is 5.32 Å². The molecule has 0 unspecified atom stereocenters. The second-order valence-electron chi connectivity index (χ2n) is 4.57. The molecule has 1 aromatic heterocycles. The summed E-state index contributed by atoms with van der Waals surface area (Å²) in [6.45, 7) is 5.41. The molecule has 0 saturated carbocycles. The Morgan fingerprint density at radius 2 is 1.76 bits per heavy atom. The van der Waals surface area contributed by atoms with Gasteiger partial charge in [0.2, 0.25) is 0 Å². The van der Waals surface area contributed by atoms with Crippen molar-refractivity contribution in [3.63, 3.8) is 0 Å². The zero-order valence-electron chi connectivity index (χ0n) is 10.7. The van der Waals surface area contributed by atoms with Crippen molar-refractivity contribution in [2.24, 2.45) is 0 Å². The quantitative estimate of drug-likeness (QED) is 0.848. The molecule has 0 fully saturated rings. The first-order valence-corrected chi connectivity index (χ1v) is 6.86. The van der Waals surface area contributed by atoms with Crippen LogP contribution in [0.2, 0.25) is 0 Å². The molecule has 2 heteroatoms. The van der Waals surface area contributed by atoms with Crippen molar-refractivity contribution >= 4 is 11.3 Å². The van der Waals surface area contributed by atoms with Crippen LogP contribution >= 0.6 is 11.3 Å². The largest absolute Gasteiger partial charge is 0.315 e. The molecule has 0 aliphatic heterocycles. The predicted molar refractivity (Wildman–Crippen MR) is 76.6 cm³/mol. The van der Waals surface area contributed by atoms with Crippen LogP contribution in [0.5, 0.6) is 0 Å². The van der Waals surface area contributed by atoms with E-state index in [1.165, 1.54) is 20.9 Å². The Morgan fingerprint density at radius 3 is 2.35 bits per heavy atom. The molecule has 0 amide bonds. The standard InChI is InChI=1S/C15H19NS/c1-11(2)12-4-6-13(7-5-12)15-9-8-14(17-15)10-16-3/h4-9,11,16H,10H2,1-3H3. The molecular formula is C15H19NS. The zero-order chi connectivity index (χ0) is 12.3. The molecule has 2 rings (SSSR count). The van der Waals surface area contributed by atoms with Crippen LogP contribution in [-0.4, -0.2) is 7.05 Å².